The summed E-state index contributed by atoms with van der Waals surface area (Å²) in [6, 6.07) is 70.4. The van der Waals surface area contributed by atoms with E-state index in [1.165, 1.54) is 33.4 Å². The largest absolute Gasteiger partial charge is 0.309 e. The molecule has 232 valence electrons. The molecule has 49 heavy (non-hydrogen) atoms. The van der Waals surface area contributed by atoms with E-state index < -0.39 is 12.6 Å². The van der Waals surface area contributed by atoms with E-state index in [4.69, 9.17) is 0 Å². The van der Waals surface area contributed by atoms with Crippen LogP contribution in [0.2, 0.25) is 0 Å². The molecular weight excluding hydrogens is 611 g/mol. The summed E-state index contributed by atoms with van der Waals surface area (Å²) in [6.07, 6.45) is 0. The zero-order valence-corrected chi connectivity index (χ0v) is 27.8. The quantitative estimate of drug-likeness (QED) is 0.165. The predicted molar refractivity (Wildman–Crippen MR) is 206 cm³/mol. The third-order valence-corrected chi connectivity index (χ3v) is 13.3. The zero-order valence-electron chi connectivity index (χ0n) is 26.9. The average Bonchev–Trinajstić information content (AvgIpc) is 3.49. The van der Waals surface area contributed by atoms with Crippen LogP contribution in [0.1, 0.15) is 22.3 Å². The highest BCUT2D eigenvalue weighted by atomic mass is 31.2. The SMILES string of the molecule is O=P(c1ccccc1)(c1ccccc1)c1ccc2ccc(-c3ccc4c(c3)C(c3ccccc3)(c3ccccc3)c3ccccc3-4)cc2c1. The van der Waals surface area contributed by atoms with Gasteiger partial charge in [0.15, 0.2) is 7.14 Å². The van der Waals surface area contributed by atoms with Crippen molar-refractivity contribution in [3.8, 4) is 22.3 Å². The van der Waals surface area contributed by atoms with Gasteiger partial charge in [-0.2, -0.15) is 0 Å². The van der Waals surface area contributed by atoms with E-state index in [1.54, 1.807) is 0 Å². The first-order chi connectivity index (χ1) is 24.2. The van der Waals surface area contributed by atoms with Gasteiger partial charge in [-0.05, 0) is 73.5 Å². The minimum absolute atomic E-state index is 0.452. The third kappa shape index (κ3) is 4.58. The molecular formula is C47H33OP. The first-order valence-corrected chi connectivity index (χ1v) is 18.5. The highest BCUT2D eigenvalue weighted by Crippen LogP contribution is 2.56. The van der Waals surface area contributed by atoms with E-state index in [0.717, 1.165) is 37.8 Å². The molecule has 8 aromatic carbocycles. The van der Waals surface area contributed by atoms with Crippen LogP contribution in [0.5, 0.6) is 0 Å². The van der Waals surface area contributed by atoms with E-state index >= 15 is 4.57 Å². The van der Waals surface area contributed by atoms with Crippen LogP contribution < -0.4 is 15.9 Å². The Morgan fingerprint density at radius 1 is 0.347 bits per heavy atom. The molecule has 1 aliphatic carbocycles. The van der Waals surface area contributed by atoms with Crippen LogP contribution in [-0.4, -0.2) is 0 Å². The fraction of sp³-hybridized carbons (Fsp3) is 0.0213. The summed E-state index contributed by atoms with van der Waals surface area (Å²) < 4.78 is 15.2. The Labute approximate surface area is 287 Å². The maximum atomic E-state index is 15.2. The lowest BCUT2D eigenvalue weighted by atomic mass is 9.67. The van der Waals surface area contributed by atoms with Crippen LogP contribution in [0.3, 0.4) is 0 Å². The standard InChI is InChI=1S/C47H33OP/c48-49(40-19-9-3-10-20-40,41-21-11-4-12-22-41)42-29-27-34-25-26-35(31-37(34)32-42)36-28-30-44-43-23-13-14-24-45(43)47(46(44)33-36,38-15-5-1-6-16-38)39-17-7-2-8-18-39/h1-33H. The van der Waals surface area contributed by atoms with Crippen LogP contribution in [0.4, 0.5) is 0 Å². The van der Waals surface area contributed by atoms with E-state index in [9.17, 15) is 0 Å². The van der Waals surface area contributed by atoms with E-state index in [1.807, 2.05) is 66.7 Å². The molecule has 0 spiro atoms. The zero-order chi connectivity index (χ0) is 32.8. The third-order valence-electron chi connectivity index (χ3n) is 10.2. The van der Waals surface area contributed by atoms with Crippen molar-refractivity contribution in [2.24, 2.45) is 0 Å². The maximum Gasteiger partial charge on any atom is 0.171 e. The molecule has 0 fully saturated rings. The van der Waals surface area contributed by atoms with E-state index in [-0.39, 0.29) is 0 Å². The van der Waals surface area contributed by atoms with Crippen molar-refractivity contribution in [1.82, 2.24) is 0 Å². The predicted octanol–water partition coefficient (Wildman–Crippen LogP) is 10.5. The minimum Gasteiger partial charge on any atom is -0.309 e. The van der Waals surface area contributed by atoms with Crippen LogP contribution >= 0.6 is 7.14 Å². The summed E-state index contributed by atoms with van der Waals surface area (Å²) in [7, 11) is -3.10. The minimum atomic E-state index is -3.10. The lowest BCUT2D eigenvalue weighted by Crippen LogP contribution is -2.28. The van der Waals surface area contributed by atoms with Gasteiger partial charge in [-0.1, -0.05) is 182 Å². The van der Waals surface area contributed by atoms with Crippen LogP contribution in [0.25, 0.3) is 33.0 Å². The van der Waals surface area contributed by atoms with Crippen molar-refractivity contribution in [1.29, 1.82) is 0 Å². The second-order valence-corrected chi connectivity index (χ2v) is 15.6. The number of fused-ring (bicyclic) bond motifs is 4. The van der Waals surface area contributed by atoms with Gasteiger partial charge in [0.25, 0.3) is 0 Å². The van der Waals surface area contributed by atoms with Gasteiger partial charge in [-0.25, -0.2) is 0 Å². The lowest BCUT2D eigenvalue weighted by Gasteiger charge is -2.34. The van der Waals surface area contributed by atoms with Gasteiger partial charge in [0.2, 0.25) is 0 Å². The van der Waals surface area contributed by atoms with E-state index in [2.05, 4.69) is 133 Å². The monoisotopic (exact) mass is 644 g/mol. The first kappa shape index (κ1) is 29.4. The Hall–Kier alpha value is -5.75. The van der Waals surface area contributed by atoms with Crippen LogP contribution in [0.15, 0.2) is 200 Å². The van der Waals surface area contributed by atoms with Gasteiger partial charge < -0.3 is 4.57 Å². The highest BCUT2D eigenvalue weighted by Gasteiger charge is 2.46. The van der Waals surface area contributed by atoms with Gasteiger partial charge in [0.1, 0.15) is 0 Å². The fourth-order valence-electron chi connectivity index (χ4n) is 7.96. The molecule has 0 saturated carbocycles. The Kier molecular flexibility index (Phi) is 7.04. The maximum absolute atomic E-state index is 15.2. The summed E-state index contributed by atoms with van der Waals surface area (Å²) >= 11 is 0. The van der Waals surface area contributed by atoms with Gasteiger partial charge >= 0.3 is 0 Å². The molecule has 0 aromatic heterocycles. The molecule has 1 nitrogen and oxygen atoms in total. The molecule has 0 radical (unpaired) electrons. The summed E-state index contributed by atoms with van der Waals surface area (Å²) in [4.78, 5) is 0. The van der Waals surface area contributed by atoms with Crippen molar-refractivity contribution in [2.75, 3.05) is 0 Å². The Morgan fingerprint density at radius 3 is 1.47 bits per heavy atom. The van der Waals surface area contributed by atoms with Crippen molar-refractivity contribution >= 4 is 33.8 Å². The number of hydrogen-bond acceptors (Lipinski definition) is 1. The molecule has 0 N–H and O–H groups in total. The molecule has 9 rings (SSSR count). The molecule has 8 aromatic rings. The molecule has 0 aliphatic heterocycles. The van der Waals surface area contributed by atoms with Crippen LogP contribution in [0, 0.1) is 0 Å². The number of benzene rings is 8. The molecule has 0 bridgehead atoms. The molecule has 0 amide bonds. The number of rotatable bonds is 6. The average molecular weight is 645 g/mol. The van der Waals surface area contributed by atoms with Gasteiger partial charge in [0, 0.05) is 15.9 Å². The Bertz CT molecular complexity index is 2420. The summed E-state index contributed by atoms with van der Waals surface area (Å²) in [5.74, 6) is 0. The smallest absolute Gasteiger partial charge is 0.171 e. The van der Waals surface area contributed by atoms with Gasteiger partial charge in [-0.3, -0.25) is 0 Å². The Balaban J connectivity index is 1.24. The van der Waals surface area contributed by atoms with Crippen molar-refractivity contribution in [3.05, 3.63) is 222 Å². The first-order valence-electron chi connectivity index (χ1n) is 16.8. The van der Waals surface area contributed by atoms with Crippen molar-refractivity contribution in [3.63, 3.8) is 0 Å². The summed E-state index contributed by atoms with van der Waals surface area (Å²) in [5.41, 5.74) is 9.48. The molecule has 0 atom stereocenters. The summed E-state index contributed by atoms with van der Waals surface area (Å²) in [6.45, 7) is 0. The summed E-state index contributed by atoms with van der Waals surface area (Å²) in [5, 5.41) is 4.71. The molecule has 0 heterocycles. The second kappa shape index (κ2) is 11.7. The van der Waals surface area contributed by atoms with Crippen molar-refractivity contribution < 1.29 is 4.57 Å². The fourth-order valence-corrected chi connectivity index (χ4v) is 10.6. The molecule has 2 heteroatoms. The van der Waals surface area contributed by atoms with Gasteiger partial charge in [0.05, 0.1) is 5.41 Å². The normalized spacial score (nSPS) is 13.1. The van der Waals surface area contributed by atoms with Crippen LogP contribution in [-0.2, 0) is 9.98 Å². The highest BCUT2D eigenvalue weighted by molar-refractivity contribution is 7.85. The Morgan fingerprint density at radius 2 is 0.837 bits per heavy atom. The van der Waals surface area contributed by atoms with Gasteiger partial charge in [-0.15, -0.1) is 0 Å². The number of hydrogen-bond donors (Lipinski definition) is 0. The van der Waals surface area contributed by atoms with Crippen molar-refractivity contribution in [2.45, 2.75) is 5.41 Å². The topological polar surface area (TPSA) is 17.1 Å². The molecule has 1 aliphatic rings. The van der Waals surface area contributed by atoms with E-state index in [0.29, 0.717) is 0 Å². The molecule has 0 saturated heterocycles. The lowest BCUT2D eigenvalue weighted by molar-refractivity contribution is 0.592. The molecule has 0 unspecified atom stereocenters. The second-order valence-electron chi connectivity index (χ2n) is 12.8.